The van der Waals surface area contributed by atoms with Crippen molar-refractivity contribution in [1.82, 2.24) is 5.32 Å². The molecule has 1 aromatic rings. The summed E-state index contributed by atoms with van der Waals surface area (Å²) in [5.74, 6) is 3.43. The second kappa shape index (κ2) is 7.78. The van der Waals surface area contributed by atoms with Gasteiger partial charge in [-0.2, -0.15) is 0 Å². The molecule has 86 valence electrons. The average Bonchev–Trinajstić information content (AvgIpc) is 2.32. The summed E-state index contributed by atoms with van der Waals surface area (Å²) in [6.45, 7) is 4.72. The van der Waals surface area contributed by atoms with Gasteiger partial charge in [0.1, 0.15) is 5.75 Å². The third-order valence-electron chi connectivity index (χ3n) is 2.19. The number of nitrogens with one attached hydrogen (secondary N) is 1. The molecule has 0 bridgehead atoms. The molecule has 0 heterocycles. The lowest BCUT2D eigenvalue weighted by atomic mass is 10.2. The second-order valence-corrected chi connectivity index (χ2v) is 3.62. The van der Waals surface area contributed by atoms with Gasteiger partial charge in [0.25, 0.3) is 0 Å². The van der Waals surface area contributed by atoms with E-state index in [9.17, 15) is 0 Å². The van der Waals surface area contributed by atoms with E-state index in [0.29, 0.717) is 13.0 Å². The summed E-state index contributed by atoms with van der Waals surface area (Å²) in [5, 5.41) is 3.36. The molecule has 0 atom stereocenters. The summed E-state index contributed by atoms with van der Waals surface area (Å²) in [7, 11) is 0. The third kappa shape index (κ3) is 4.86. The predicted octanol–water partition coefficient (Wildman–Crippen LogP) is 2.59. The van der Waals surface area contributed by atoms with Crippen molar-refractivity contribution in [3.05, 3.63) is 29.8 Å². The fourth-order valence-corrected chi connectivity index (χ4v) is 1.34. The summed E-state index contributed by atoms with van der Waals surface area (Å²) in [4.78, 5) is 0. The Morgan fingerprint density at radius 1 is 1.31 bits per heavy atom. The van der Waals surface area contributed by atoms with Gasteiger partial charge in [0.15, 0.2) is 0 Å². The van der Waals surface area contributed by atoms with Crippen LogP contribution in [0, 0.1) is 12.3 Å². The first-order valence-corrected chi connectivity index (χ1v) is 5.72. The van der Waals surface area contributed by atoms with Crippen molar-refractivity contribution in [3.63, 3.8) is 0 Å². The van der Waals surface area contributed by atoms with Gasteiger partial charge >= 0.3 is 0 Å². The molecule has 2 heteroatoms. The minimum absolute atomic E-state index is 0.587. The van der Waals surface area contributed by atoms with Crippen LogP contribution in [0.4, 0.5) is 0 Å². The lowest BCUT2D eigenvalue weighted by Crippen LogP contribution is -2.13. The van der Waals surface area contributed by atoms with Gasteiger partial charge in [-0.1, -0.05) is 19.1 Å². The Bertz CT molecular complexity index is 324. The van der Waals surface area contributed by atoms with Gasteiger partial charge in [-0.3, -0.25) is 0 Å². The molecule has 0 saturated heterocycles. The van der Waals surface area contributed by atoms with Crippen LogP contribution in [0.1, 0.15) is 25.3 Å². The normalized spacial score (nSPS) is 9.75. The molecule has 0 spiro atoms. The van der Waals surface area contributed by atoms with Gasteiger partial charge in [-0.05, 0) is 30.7 Å². The Balaban J connectivity index is 2.33. The van der Waals surface area contributed by atoms with Crippen LogP contribution >= 0.6 is 0 Å². The molecule has 1 aromatic carbocycles. The zero-order valence-electron chi connectivity index (χ0n) is 9.83. The SMILES string of the molecule is C#CCCOc1ccc(CNCCC)cc1. The molecule has 16 heavy (non-hydrogen) atoms. The van der Waals surface area contributed by atoms with Crippen LogP contribution < -0.4 is 10.1 Å². The first-order chi connectivity index (χ1) is 7.86. The molecule has 0 aliphatic rings. The summed E-state index contributed by atoms with van der Waals surface area (Å²) in [6.07, 6.45) is 6.96. The molecule has 0 radical (unpaired) electrons. The standard InChI is InChI=1S/C14H19NO/c1-3-5-11-16-14-8-6-13(7-9-14)12-15-10-4-2/h1,6-9,15H,4-5,10-12H2,2H3. The van der Waals surface area contributed by atoms with E-state index >= 15 is 0 Å². The van der Waals surface area contributed by atoms with Crippen molar-refractivity contribution < 1.29 is 4.74 Å². The van der Waals surface area contributed by atoms with Crippen LogP contribution in [0.3, 0.4) is 0 Å². The molecular formula is C14H19NO. The van der Waals surface area contributed by atoms with E-state index < -0.39 is 0 Å². The molecule has 0 unspecified atom stereocenters. The molecule has 1 N–H and O–H groups in total. The Morgan fingerprint density at radius 2 is 2.06 bits per heavy atom. The molecule has 2 nitrogen and oxygen atoms in total. The van der Waals surface area contributed by atoms with Crippen molar-refractivity contribution in [3.8, 4) is 18.1 Å². The number of rotatable bonds is 7. The summed E-state index contributed by atoms with van der Waals surface area (Å²) in [6, 6.07) is 8.13. The molecule has 0 saturated carbocycles. The van der Waals surface area contributed by atoms with Crippen molar-refractivity contribution in [2.24, 2.45) is 0 Å². The van der Waals surface area contributed by atoms with Crippen LogP contribution in [0.25, 0.3) is 0 Å². The van der Waals surface area contributed by atoms with Gasteiger partial charge in [-0.15, -0.1) is 12.3 Å². The Kier molecular flexibility index (Phi) is 6.13. The summed E-state index contributed by atoms with van der Waals surface area (Å²) in [5.41, 5.74) is 1.28. The molecule has 0 aliphatic heterocycles. The number of hydrogen-bond donors (Lipinski definition) is 1. The maximum absolute atomic E-state index is 5.46. The molecular weight excluding hydrogens is 198 g/mol. The van der Waals surface area contributed by atoms with Gasteiger partial charge in [0.05, 0.1) is 6.61 Å². The minimum atomic E-state index is 0.587. The molecule has 0 amide bonds. The van der Waals surface area contributed by atoms with Crippen LogP contribution in [0.5, 0.6) is 5.75 Å². The van der Waals surface area contributed by atoms with E-state index in [1.165, 1.54) is 5.56 Å². The topological polar surface area (TPSA) is 21.3 Å². The van der Waals surface area contributed by atoms with Crippen molar-refractivity contribution in [2.45, 2.75) is 26.3 Å². The predicted molar refractivity (Wildman–Crippen MR) is 67.4 cm³/mol. The fourth-order valence-electron chi connectivity index (χ4n) is 1.34. The van der Waals surface area contributed by atoms with Crippen molar-refractivity contribution in [1.29, 1.82) is 0 Å². The number of terminal acetylenes is 1. The lowest BCUT2D eigenvalue weighted by molar-refractivity contribution is 0.327. The lowest BCUT2D eigenvalue weighted by Gasteiger charge is -2.06. The fraction of sp³-hybridized carbons (Fsp3) is 0.429. The van der Waals surface area contributed by atoms with Gasteiger partial charge in [0, 0.05) is 13.0 Å². The number of benzene rings is 1. The zero-order chi connectivity index (χ0) is 11.6. The highest BCUT2D eigenvalue weighted by Crippen LogP contribution is 2.12. The van der Waals surface area contributed by atoms with Gasteiger partial charge < -0.3 is 10.1 Å². The van der Waals surface area contributed by atoms with E-state index in [1.54, 1.807) is 0 Å². The smallest absolute Gasteiger partial charge is 0.119 e. The average molecular weight is 217 g/mol. The maximum atomic E-state index is 5.46. The minimum Gasteiger partial charge on any atom is -0.493 e. The summed E-state index contributed by atoms with van der Waals surface area (Å²) < 4.78 is 5.46. The monoisotopic (exact) mass is 217 g/mol. The third-order valence-corrected chi connectivity index (χ3v) is 2.19. The van der Waals surface area contributed by atoms with E-state index in [1.807, 2.05) is 12.1 Å². The Labute approximate surface area is 98.0 Å². The van der Waals surface area contributed by atoms with E-state index in [-0.39, 0.29) is 0 Å². The highest BCUT2D eigenvalue weighted by molar-refractivity contribution is 5.27. The Morgan fingerprint density at radius 3 is 2.69 bits per heavy atom. The van der Waals surface area contributed by atoms with E-state index in [0.717, 1.165) is 25.3 Å². The first-order valence-electron chi connectivity index (χ1n) is 5.72. The quantitative estimate of drug-likeness (QED) is 0.560. The van der Waals surface area contributed by atoms with E-state index in [2.05, 4.69) is 30.3 Å². The molecule has 0 aromatic heterocycles. The molecule has 1 rings (SSSR count). The maximum Gasteiger partial charge on any atom is 0.119 e. The summed E-state index contributed by atoms with van der Waals surface area (Å²) >= 11 is 0. The van der Waals surface area contributed by atoms with Crippen molar-refractivity contribution in [2.75, 3.05) is 13.2 Å². The van der Waals surface area contributed by atoms with Crippen LogP contribution in [-0.2, 0) is 6.54 Å². The molecule has 0 aliphatic carbocycles. The van der Waals surface area contributed by atoms with Crippen LogP contribution in [0.2, 0.25) is 0 Å². The van der Waals surface area contributed by atoms with Crippen LogP contribution in [-0.4, -0.2) is 13.2 Å². The largest absolute Gasteiger partial charge is 0.493 e. The number of ether oxygens (including phenoxy) is 1. The van der Waals surface area contributed by atoms with E-state index in [4.69, 9.17) is 11.2 Å². The van der Waals surface area contributed by atoms with Crippen LogP contribution in [0.15, 0.2) is 24.3 Å². The Hall–Kier alpha value is -1.46. The van der Waals surface area contributed by atoms with Gasteiger partial charge in [0.2, 0.25) is 0 Å². The van der Waals surface area contributed by atoms with Crippen molar-refractivity contribution >= 4 is 0 Å². The second-order valence-electron chi connectivity index (χ2n) is 3.62. The number of hydrogen-bond acceptors (Lipinski definition) is 2. The van der Waals surface area contributed by atoms with Gasteiger partial charge in [-0.25, -0.2) is 0 Å². The molecule has 0 fully saturated rings. The zero-order valence-corrected chi connectivity index (χ0v) is 9.83. The highest BCUT2D eigenvalue weighted by atomic mass is 16.5. The highest BCUT2D eigenvalue weighted by Gasteiger charge is 1.94. The first kappa shape index (κ1) is 12.6.